The monoisotopic (exact) mass is 76.0 g/mol. The zero-order valence-corrected chi connectivity index (χ0v) is 2.42. The molecule has 0 nitrogen and oxygen atoms in total. The first kappa shape index (κ1) is 8.94. The first-order valence-corrected chi connectivity index (χ1v) is 1.06. The second-order valence-corrected chi connectivity index (χ2v) is 0.463. The fourth-order valence-corrected chi connectivity index (χ4v) is 0. The zero-order chi connectivity index (χ0) is 2.71. The molecular formula is C2H6BCl. The molecule has 0 aliphatic rings. The van der Waals surface area contributed by atoms with Gasteiger partial charge in [0.25, 0.3) is 0 Å². The van der Waals surface area contributed by atoms with E-state index in [1.54, 1.807) is 0 Å². The molecule has 0 aromatic heterocycles. The van der Waals surface area contributed by atoms with Crippen LogP contribution in [0.25, 0.3) is 0 Å². The van der Waals surface area contributed by atoms with E-state index < -0.39 is 0 Å². The molecule has 0 aromatic carbocycles. The smallest absolute Gasteiger partial charge is 0.0814 e. The molecule has 24 valence electrons. The summed E-state index contributed by atoms with van der Waals surface area (Å²) in [4.78, 5) is 0. The van der Waals surface area contributed by atoms with E-state index in [9.17, 15) is 0 Å². The normalized spacial score (nSPS) is 3.25. The molecule has 0 bridgehead atoms. The maximum Gasteiger partial charge on any atom is 0.0814 e. The van der Waals surface area contributed by atoms with E-state index in [1.165, 1.54) is 5.54 Å². The SMILES string of the molecule is B.C=CCl. The van der Waals surface area contributed by atoms with Crippen molar-refractivity contribution >= 4 is 20.0 Å². The summed E-state index contributed by atoms with van der Waals surface area (Å²) >= 11 is 4.76. The second kappa shape index (κ2) is 11.3. The highest BCUT2D eigenvalue weighted by Gasteiger charge is 1.18. The lowest BCUT2D eigenvalue weighted by molar-refractivity contribution is 2.63. The zero-order valence-electron chi connectivity index (χ0n) is 1.66. The summed E-state index contributed by atoms with van der Waals surface area (Å²) in [6, 6.07) is 0. The third kappa shape index (κ3) is 279. The molecule has 0 aliphatic heterocycles. The van der Waals surface area contributed by atoms with Crippen LogP contribution in [-0.2, 0) is 0 Å². The van der Waals surface area contributed by atoms with Crippen molar-refractivity contribution < 1.29 is 0 Å². The van der Waals surface area contributed by atoms with Gasteiger partial charge >= 0.3 is 0 Å². The molecule has 0 aliphatic carbocycles. The van der Waals surface area contributed by atoms with Gasteiger partial charge in [-0.15, -0.1) is 0 Å². The average Bonchev–Trinajstić information content (AvgIpc) is 0.918. The van der Waals surface area contributed by atoms with E-state index in [2.05, 4.69) is 6.58 Å². The molecule has 0 saturated carbocycles. The van der Waals surface area contributed by atoms with Crippen LogP contribution in [0.2, 0.25) is 0 Å². The van der Waals surface area contributed by atoms with Crippen molar-refractivity contribution in [2.75, 3.05) is 0 Å². The predicted molar refractivity (Wildman–Crippen MR) is 26.0 cm³/mol. The Bertz CT molecular complexity index is 13.5. The van der Waals surface area contributed by atoms with E-state index in [1.807, 2.05) is 0 Å². The highest BCUT2D eigenvalue weighted by Crippen LogP contribution is 1.60. The number of hydrogen-bond acceptors (Lipinski definition) is 0. The number of halogens is 1. The molecule has 0 unspecified atom stereocenters. The van der Waals surface area contributed by atoms with Gasteiger partial charge < -0.3 is 0 Å². The third-order valence-corrected chi connectivity index (χ3v) is 0. The van der Waals surface area contributed by atoms with E-state index in [-0.39, 0.29) is 8.41 Å². The first-order valence-electron chi connectivity index (χ1n) is 0.626. The van der Waals surface area contributed by atoms with Crippen LogP contribution in [-0.4, -0.2) is 8.41 Å². The van der Waals surface area contributed by atoms with Gasteiger partial charge in [-0.3, -0.25) is 0 Å². The lowest BCUT2D eigenvalue weighted by Gasteiger charge is -1.27. The van der Waals surface area contributed by atoms with Crippen LogP contribution in [0.1, 0.15) is 0 Å². The van der Waals surface area contributed by atoms with Gasteiger partial charge in [0.2, 0.25) is 0 Å². The fraction of sp³-hybridized carbons (Fsp3) is 0. The summed E-state index contributed by atoms with van der Waals surface area (Å²) < 4.78 is 0. The minimum atomic E-state index is 0. The van der Waals surface area contributed by atoms with Gasteiger partial charge in [0.05, 0.1) is 8.41 Å². The van der Waals surface area contributed by atoms with Gasteiger partial charge in [0, 0.05) is 0 Å². The quantitative estimate of drug-likeness (QED) is 0.361. The lowest BCUT2D eigenvalue weighted by Crippen LogP contribution is -0.926. The standard InChI is InChI=1S/C2H3Cl.BH3/c1-2-3;/h2H,1H2;1H3. The van der Waals surface area contributed by atoms with Gasteiger partial charge in [-0.2, -0.15) is 0 Å². The molecule has 2 heteroatoms. The van der Waals surface area contributed by atoms with Gasteiger partial charge in [-0.1, -0.05) is 18.2 Å². The van der Waals surface area contributed by atoms with Gasteiger partial charge in [-0.05, 0) is 5.54 Å². The van der Waals surface area contributed by atoms with Gasteiger partial charge in [0.1, 0.15) is 0 Å². The van der Waals surface area contributed by atoms with E-state index in [0.717, 1.165) is 0 Å². The summed E-state index contributed by atoms with van der Waals surface area (Å²) in [5, 5.41) is 0. The summed E-state index contributed by atoms with van der Waals surface area (Å²) in [6.45, 7) is 3.13. The van der Waals surface area contributed by atoms with Crippen molar-refractivity contribution in [2.24, 2.45) is 0 Å². The topological polar surface area (TPSA) is 0 Å². The molecule has 0 spiro atoms. The Hall–Kier alpha value is 0.0949. The second-order valence-electron chi connectivity index (χ2n) is 0.154. The maximum atomic E-state index is 4.76. The van der Waals surface area contributed by atoms with Crippen molar-refractivity contribution in [3.63, 3.8) is 0 Å². The molecule has 0 heterocycles. The molecule has 0 rings (SSSR count). The van der Waals surface area contributed by atoms with E-state index >= 15 is 0 Å². The average molecular weight is 76.3 g/mol. The summed E-state index contributed by atoms with van der Waals surface area (Å²) in [5.74, 6) is 0. The number of rotatable bonds is 0. The number of hydrogen-bond donors (Lipinski definition) is 0. The van der Waals surface area contributed by atoms with Crippen molar-refractivity contribution in [2.45, 2.75) is 0 Å². The molecule has 0 saturated heterocycles. The van der Waals surface area contributed by atoms with Crippen LogP contribution in [0.4, 0.5) is 0 Å². The maximum absolute atomic E-state index is 4.76. The molecule has 0 amide bonds. The summed E-state index contributed by atoms with van der Waals surface area (Å²) in [6.07, 6.45) is 0. The molecule has 0 fully saturated rings. The minimum absolute atomic E-state index is 0. The van der Waals surface area contributed by atoms with Crippen molar-refractivity contribution in [3.8, 4) is 0 Å². The minimum Gasteiger partial charge on any atom is -0.0936 e. The van der Waals surface area contributed by atoms with Crippen LogP contribution in [0, 0.1) is 0 Å². The van der Waals surface area contributed by atoms with E-state index in [4.69, 9.17) is 11.6 Å². The summed E-state index contributed by atoms with van der Waals surface area (Å²) in [5.41, 5.74) is 1.22. The summed E-state index contributed by atoms with van der Waals surface area (Å²) in [7, 11) is 0. The van der Waals surface area contributed by atoms with Crippen molar-refractivity contribution in [1.29, 1.82) is 0 Å². The van der Waals surface area contributed by atoms with Crippen LogP contribution < -0.4 is 0 Å². The van der Waals surface area contributed by atoms with Crippen molar-refractivity contribution in [1.82, 2.24) is 0 Å². The predicted octanol–water partition coefficient (Wildman–Crippen LogP) is 0.185. The van der Waals surface area contributed by atoms with Crippen LogP contribution in [0.3, 0.4) is 0 Å². The van der Waals surface area contributed by atoms with Crippen LogP contribution >= 0.6 is 11.6 Å². The van der Waals surface area contributed by atoms with E-state index in [0.29, 0.717) is 0 Å². The highest BCUT2D eigenvalue weighted by atomic mass is 35.5. The van der Waals surface area contributed by atoms with Crippen LogP contribution in [0.15, 0.2) is 12.1 Å². The molecule has 0 radical (unpaired) electrons. The Balaban J connectivity index is 0. The van der Waals surface area contributed by atoms with Crippen molar-refractivity contribution in [3.05, 3.63) is 12.1 Å². The van der Waals surface area contributed by atoms with Crippen LogP contribution in [0.5, 0.6) is 0 Å². The Morgan fingerprint density at radius 2 is 1.75 bits per heavy atom. The third-order valence-electron chi connectivity index (χ3n) is 0. The molecule has 0 N–H and O–H groups in total. The van der Waals surface area contributed by atoms with Gasteiger partial charge in [0.15, 0.2) is 0 Å². The van der Waals surface area contributed by atoms with Gasteiger partial charge in [-0.25, -0.2) is 0 Å². The largest absolute Gasteiger partial charge is 0.0936 e. The lowest BCUT2D eigenvalue weighted by atomic mass is 10.8. The Kier molecular flexibility index (Phi) is 25.3. The Morgan fingerprint density at radius 1 is 1.75 bits per heavy atom. The molecule has 4 heavy (non-hydrogen) atoms. The Morgan fingerprint density at radius 3 is 1.75 bits per heavy atom. The Labute approximate surface area is 33.0 Å². The fourth-order valence-electron chi connectivity index (χ4n) is 0. The molecule has 0 aromatic rings. The highest BCUT2D eigenvalue weighted by molar-refractivity contribution is 6.25. The molecular weight excluding hydrogens is 70.3 g/mol. The molecule has 0 atom stereocenters. The first-order chi connectivity index (χ1) is 1.41.